The van der Waals surface area contributed by atoms with Gasteiger partial charge in [0.2, 0.25) is 0 Å². The van der Waals surface area contributed by atoms with Crippen molar-refractivity contribution < 1.29 is 9.47 Å². The molecule has 4 nitrogen and oxygen atoms in total. The Kier molecular flexibility index (Phi) is 4.12. The third-order valence-electron chi connectivity index (χ3n) is 1.95. The van der Waals surface area contributed by atoms with Crippen LogP contribution in [0, 0.1) is 5.41 Å². The molecular formula is C11H16N2O2. The van der Waals surface area contributed by atoms with Gasteiger partial charge >= 0.3 is 0 Å². The van der Waals surface area contributed by atoms with Gasteiger partial charge in [0.05, 0.1) is 6.61 Å². The van der Waals surface area contributed by atoms with Crippen LogP contribution in [0.2, 0.25) is 0 Å². The highest BCUT2D eigenvalue weighted by Gasteiger charge is 2.04. The monoisotopic (exact) mass is 208 g/mol. The second kappa shape index (κ2) is 5.36. The molecule has 4 heteroatoms. The average molecular weight is 208 g/mol. The standard InChI is InChI=1S/C11H16N2O2/c1-8(7-14-2)15-10-3-4-11(13)9(5-10)6-12/h3-6,8,12H,7,13H2,1-2H3. The fraction of sp³-hybridized carbons (Fsp3) is 0.364. The maximum Gasteiger partial charge on any atom is 0.120 e. The molecule has 82 valence electrons. The zero-order chi connectivity index (χ0) is 11.3. The summed E-state index contributed by atoms with van der Waals surface area (Å²) in [6, 6.07) is 5.26. The zero-order valence-electron chi connectivity index (χ0n) is 8.99. The number of nitrogen functional groups attached to an aromatic ring is 1. The fourth-order valence-electron chi connectivity index (χ4n) is 1.25. The summed E-state index contributed by atoms with van der Waals surface area (Å²) < 4.78 is 10.5. The van der Waals surface area contributed by atoms with Crippen molar-refractivity contribution in [1.29, 1.82) is 5.41 Å². The molecule has 1 aromatic carbocycles. The summed E-state index contributed by atoms with van der Waals surface area (Å²) in [7, 11) is 1.63. The van der Waals surface area contributed by atoms with Gasteiger partial charge in [-0.15, -0.1) is 0 Å². The molecule has 0 fully saturated rings. The first-order chi connectivity index (χ1) is 7.17. The van der Waals surface area contributed by atoms with E-state index in [1.54, 1.807) is 25.3 Å². The molecule has 1 unspecified atom stereocenters. The van der Waals surface area contributed by atoms with E-state index in [1.165, 1.54) is 6.21 Å². The minimum atomic E-state index is -0.0165. The molecule has 0 amide bonds. The van der Waals surface area contributed by atoms with Crippen molar-refractivity contribution in [3.63, 3.8) is 0 Å². The first-order valence-corrected chi connectivity index (χ1v) is 4.73. The molecule has 0 aliphatic rings. The number of methoxy groups -OCH3 is 1. The Morgan fingerprint density at radius 1 is 1.53 bits per heavy atom. The van der Waals surface area contributed by atoms with E-state index < -0.39 is 0 Å². The van der Waals surface area contributed by atoms with Gasteiger partial charge in [-0.1, -0.05) is 0 Å². The number of rotatable bonds is 5. The van der Waals surface area contributed by atoms with Crippen LogP contribution >= 0.6 is 0 Å². The summed E-state index contributed by atoms with van der Waals surface area (Å²) in [5, 5.41) is 7.16. The molecule has 1 aromatic rings. The van der Waals surface area contributed by atoms with E-state index in [0.717, 1.165) is 0 Å². The molecule has 0 bridgehead atoms. The maximum atomic E-state index is 7.16. The van der Waals surface area contributed by atoms with Crippen molar-refractivity contribution in [2.24, 2.45) is 0 Å². The number of ether oxygens (including phenoxy) is 2. The van der Waals surface area contributed by atoms with Crippen LogP contribution < -0.4 is 10.5 Å². The van der Waals surface area contributed by atoms with Crippen molar-refractivity contribution in [3.8, 4) is 5.75 Å². The van der Waals surface area contributed by atoms with Crippen LogP contribution in [-0.2, 0) is 4.74 Å². The quantitative estimate of drug-likeness (QED) is 0.571. The van der Waals surface area contributed by atoms with Crippen LogP contribution in [0.1, 0.15) is 12.5 Å². The number of hydrogen-bond donors (Lipinski definition) is 2. The highest BCUT2D eigenvalue weighted by Crippen LogP contribution is 2.19. The van der Waals surface area contributed by atoms with Gasteiger partial charge in [0.25, 0.3) is 0 Å². The molecule has 0 radical (unpaired) electrons. The van der Waals surface area contributed by atoms with Crippen molar-refractivity contribution in [2.75, 3.05) is 19.5 Å². The molecule has 0 aromatic heterocycles. The average Bonchev–Trinajstić information content (AvgIpc) is 2.21. The molecule has 1 rings (SSSR count). The van der Waals surface area contributed by atoms with Crippen LogP contribution in [0.3, 0.4) is 0 Å². The molecule has 1 atom stereocenters. The molecule has 0 aliphatic carbocycles. The lowest BCUT2D eigenvalue weighted by molar-refractivity contribution is 0.0921. The number of hydrogen-bond acceptors (Lipinski definition) is 4. The second-order valence-corrected chi connectivity index (χ2v) is 3.32. The van der Waals surface area contributed by atoms with E-state index in [9.17, 15) is 0 Å². The van der Waals surface area contributed by atoms with E-state index in [4.69, 9.17) is 20.6 Å². The molecule has 0 aliphatic heterocycles. The van der Waals surface area contributed by atoms with Crippen LogP contribution in [0.25, 0.3) is 0 Å². The van der Waals surface area contributed by atoms with Gasteiger partial charge in [-0.05, 0) is 25.1 Å². The third kappa shape index (κ3) is 3.25. The van der Waals surface area contributed by atoms with Gasteiger partial charge in [0.1, 0.15) is 11.9 Å². The van der Waals surface area contributed by atoms with Gasteiger partial charge in [-0.3, -0.25) is 0 Å². The molecular weight excluding hydrogens is 192 g/mol. The molecule has 0 saturated heterocycles. The van der Waals surface area contributed by atoms with E-state index in [1.807, 2.05) is 6.92 Å². The topological polar surface area (TPSA) is 68.3 Å². The van der Waals surface area contributed by atoms with Gasteiger partial charge in [-0.25, -0.2) is 0 Å². The lowest BCUT2D eigenvalue weighted by Crippen LogP contribution is -2.18. The highest BCUT2D eigenvalue weighted by molar-refractivity contribution is 5.85. The second-order valence-electron chi connectivity index (χ2n) is 3.32. The summed E-state index contributed by atoms with van der Waals surface area (Å²) in [6.45, 7) is 2.45. The Morgan fingerprint density at radius 2 is 2.27 bits per heavy atom. The van der Waals surface area contributed by atoms with Crippen molar-refractivity contribution in [1.82, 2.24) is 0 Å². The zero-order valence-corrected chi connectivity index (χ0v) is 8.99. The van der Waals surface area contributed by atoms with Crippen molar-refractivity contribution in [2.45, 2.75) is 13.0 Å². The largest absolute Gasteiger partial charge is 0.488 e. The number of nitrogens with one attached hydrogen (secondary N) is 1. The summed E-state index contributed by atoms with van der Waals surface area (Å²) in [6.07, 6.45) is 1.20. The SMILES string of the molecule is COCC(C)Oc1ccc(N)c(C=N)c1. The van der Waals surface area contributed by atoms with Gasteiger partial charge in [-0.2, -0.15) is 0 Å². The minimum absolute atomic E-state index is 0.0165. The Hall–Kier alpha value is -1.55. The highest BCUT2D eigenvalue weighted by atomic mass is 16.5. The van der Waals surface area contributed by atoms with E-state index >= 15 is 0 Å². The molecule has 3 N–H and O–H groups in total. The molecule has 15 heavy (non-hydrogen) atoms. The fourth-order valence-corrected chi connectivity index (χ4v) is 1.25. The molecule has 0 heterocycles. The predicted octanol–water partition coefficient (Wildman–Crippen LogP) is 1.68. The Balaban J connectivity index is 2.73. The summed E-state index contributed by atoms with van der Waals surface area (Å²) in [5.74, 6) is 0.701. The predicted molar refractivity (Wildman–Crippen MR) is 60.7 cm³/mol. The number of benzene rings is 1. The number of nitrogens with two attached hydrogens (primary N) is 1. The lowest BCUT2D eigenvalue weighted by Gasteiger charge is -2.14. The molecule has 0 saturated carbocycles. The normalized spacial score (nSPS) is 12.1. The Morgan fingerprint density at radius 3 is 2.87 bits per heavy atom. The van der Waals surface area contributed by atoms with Crippen molar-refractivity contribution >= 4 is 11.9 Å². The van der Waals surface area contributed by atoms with E-state index in [-0.39, 0.29) is 6.10 Å². The van der Waals surface area contributed by atoms with Crippen LogP contribution in [0.4, 0.5) is 5.69 Å². The smallest absolute Gasteiger partial charge is 0.120 e. The summed E-state index contributed by atoms with van der Waals surface area (Å²) in [4.78, 5) is 0. The van der Waals surface area contributed by atoms with Crippen LogP contribution in [0.5, 0.6) is 5.75 Å². The first kappa shape index (κ1) is 11.5. The summed E-state index contributed by atoms with van der Waals surface area (Å²) >= 11 is 0. The van der Waals surface area contributed by atoms with Crippen LogP contribution in [-0.4, -0.2) is 26.0 Å². The third-order valence-corrected chi connectivity index (χ3v) is 1.95. The van der Waals surface area contributed by atoms with Crippen LogP contribution in [0.15, 0.2) is 18.2 Å². The Labute approximate surface area is 89.5 Å². The number of anilines is 1. The maximum absolute atomic E-state index is 7.16. The minimum Gasteiger partial charge on any atom is -0.488 e. The first-order valence-electron chi connectivity index (χ1n) is 4.73. The molecule has 0 spiro atoms. The van der Waals surface area contributed by atoms with E-state index in [2.05, 4.69) is 0 Å². The van der Waals surface area contributed by atoms with E-state index in [0.29, 0.717) is 23.6 Å². The van der Waals surface area contributed by atoms with Gasteiger partial charge in [0.15, 0.2) is 0 Å². The lowest BCUT2D eigenvalue weighted by atomic mass is 10.2. The van der Waals surface area contributed by atoms with Gasteiger partial charge in [0, 0.05) is 24.6 Å². The van der Waals surface area contributed by atoms with Crippen molar-refractivity contribution in [3.05, 3.63) is 23.8 Å². The van der Waals surface area contributed by atoms with Gasteiger partial charge < -0.3 is 20.6 Å². The Bertz CT molecular complexity index is 339. The summed E-state index contributed by atoms with van der Waals surface area (Å²) in [5.41, 5.74) is 6.90.